The molecule has 4 N–H and O–H groups in total. The quantitative estimate of drug-likeness (QED) is 0.419. The van der Waals surface area contributed by atoms with Gasteiger partial charge in [-0.25, -0.2) is 9.78 Å². The Balaban J connectivity index is 1.41. The van der Waals surface area contributed by atoms with Crippen LogP contribution in [-0.2, 0) is 6.18 Å². The van der Waals surface area contributed by atoms with Crippen LogP contribution in [0.3, 0.4) is 0 Å². The van der Waals surface area contributed by atoms with Crippen LogP contribution in [0, 0.1) is 6.92 Å². The van der Waals surface area contributed by atoms with Gasteiger partial charge in [-0.15, -0.1) is 10.2 Å². The van der Waals surface area contributed by atoms with Crippen molar-refractivity contribution in [2.24, 2.45) is 0 Å². The van der Waals surface area contributed by atoms with Crippen molar-refractivity contribution < 1.29 is 18.0 Å². The number of alkyl halides is 3. The first-order chi connectivity index (χ1) is 14.8. The Kier molecular flexibility index (Phi) is 6.85. The molecule has 0 spiro atoms. The van der Waals surface area contributed by atoms with E-state index in [1.807, 2.05) is 19.1 Å². The molecule has 0 atom stereocenters. The maximum atomic E-state index is 12.7. The Morgan fingerprint density at radius 2 is 1.74 bits per heavy atom. The van der Waals surface area contributed by atoms with Crippen LogP contribution < -0.4 is 21.3 Å². The number of pyridine rings is 1. The van der Waals surface area contributed by atoms with E-state index >= 15 is 0 Å². The lowest BCUT2D eigenvalue weighted by Crippen LogP contribution is -2.32. The summed E-state index contributed by atoms with van der Waals surface area (Å²) in [5.41, 5.74) is 0.285. The first-order valence-electron chi connectivity index (χ1n) is 9.29. The zero-order valence-electron chi connectivity index (χ0n) is 16.5. The molecule has 3 rings (SSSR count). The molecule has 0 fully saturated rings. The zero-order chi connectivity index (χ0) is 22.3. The SMILES string of the molecule is Cc1ccnc(Nc2ccc(NCCNC(=O)Nc3cccc(C(F)(F)F)c3)nn2)c1. The normalized spacial score (nSPS) is 11.0. The maximum absolute atomic E-state index is 12.7. The third-order valence-electron chi connectivity index (χ3n) is 4.00. The van der Waals surface area contributed by atoms with Crippen molar-refractivity contribution in [2.45, 2.75) is 13.1 Å². The smallest absolute Gasteiger partial charge is 0.367 e. The third kappa shape index (κ3) is 6.84. The molecule has 2 amide bonds. The number of aromatic nitrogens is 3. The Bertz CT molecular complexity index is 1030. The fourth-order valence-corrected chi connectivity index (χ4v) is 2.54. The summed E-state index contributed by atoms with van der Waals surface area (Å²) in [6, 6.07) is 11.0. The molecule has 1 aromatic carbocycles. The van der Waals surface area contributed by atoms with Gasteiger partial charge in [-0.1, -0.05) is 6.07 Å². The number of nitrogens with zero attached hydrogens (tertiary/aromatic N) is 3. The van der Waals surface area contributed by atoms with E-state index in [-0.39, 0.29) is 12.2 Å². The van der Waals surface area contributed by atoms with Crippen molar-refractivity contribution in [2.75, 3.05) is 29.0 Å². The Morgan fingerprint density at radius 1 is 0.968 bits per heavy atom. The lowest BCUT2D eigenvalue weighted by Gasteiger charge is -2.11. The number of aryl methyl sites for hydroxylation is 1. The second kappa shape index (κ2) is 9.74. The largest absolute Gasteiger partial charge is 0.416 e. The molecule has 2 aromatic heterocycles. The Labute approximate surface area is 176 Å². The number of anilines is 4. The number of halogens is 3. The number of amides is 2. The summed E-state index contributed by atoms with van der Waals surface area (Å²) in [5.74, 6) is 1.69. The minimum Gasteiger partial charge on any atom is -0.367 e. The second-order valence-corrected chi connectivity index (χ2v) is 6.53. The Morgan fingerprint density at radius 3 is 2.45 bits per heavy atom. The van der Waals surface area contributed by atoms with Crippen LogP contribution in [0.15, 0.2) is 54.7 Å². The van der Waals surface area contributed by atoms with Gasteiger partial charge >= 0.3 is 12.2 Å². The average Bonchev–Trinajstić information content (AvgIpc) is 2.72. The Hall–Kier alpha value is -3.89. The van der Waals surface area contributed by atoms with Gasteiger partial charge in [0.25, 0.3) is 0 Å². The maximum Gasteiger partial charge on any atom is 0.416 e. The molecule has 0 saturated heterocycles. The van der Waals surface area contributed by atoms with E-state index in [0.717, 1.165) is 17.7 Å². The number of carbonyl (C=O) groups is 1. The highest BCUT2D eigenvalue weighted by Crippen LogP contribution is 2.30. The van der Waals surface area contributed by atoms with Gasteiger partial charge in [0.05, 0.1) is 5.56 Å². The van der Waals surface area contributed by atoms with Crippen LogP contribution in [0.2, 0.25) is 0 Å². The molecule has 2 heterocycles. The van der Waals surface area contributed by atoms with Gasteiger partial charge < -0.3 is 21.3 Å². The number of benzene rings is 1. The molecular weight excluding hydrogens is 411 g/mol. The predicted octanol–water partition coefficient (Wildman–Crippen LogP) is 4.18. The van der Waals surface area contributed by atoms with E-state index < -0.39 is 17.8 Å². The molecule has 3 aromatic rings. The lowest BCUT2D eigenvalue weighted by molar-refractivity contribution is -0.137. The fraction of sp³-hybridized carbons (Fsp3) is 0.200. The molecule has 0 radical (unpaired) electrons. The molecule has 11 heteroatoms. The predicted molar refractivity (Wildman–Crippen MR) is 111 cm³/mol. The average molecular weight is 431 g/mol. The summed E-state index contributed by atoms with van der Waals surface area (Å²) in [6.45, 7) is 2.52. The molecule has 8 nitrogen and oxygen atoms in total. The van der Waals surface area contributed by atoms with E-state index in [0.29, 0.717) is 24.0 Å². The van der Waals surface area contributed by atoms with Crippen molar-refractivity contribution in [3.8, 4) is 0 Å². The topological polar surface area (TPSA) is 104 Å². The molecule has 0 saturated carbocycles. The van der Waals surface area contributed by atoms with Gasteiger partial charge in [0.15, 0.2) is 5.82 Å². The highest BCUT2D eigenvalue weighted by atomic mass is 19.4. The number of nitrogens with one attached hydrogen (secondary N) is 4. The molecular formula is C20H20F3N7O. The van der Waals surface area contributed by atoms with E-state index in [2.05, 4.69) is 36.4 Å². The minimum atomic E-state index is -4.47. The van der Waals surface area contributed by atoms with Crippen molar-refractivity contribution in [1.29, 1.82) is 0 Å². The summed E-state index contributed by atoms with van der Waals surface area (Å²) in [5, 5.41) is 19.0. The number of hydrogen-bond donors (Lipinski definition) is 4. The fourth-order valence-electron chi connectivity index (χ4n) is 2.54. The van der Waals surface area contributed by atoms with Crippen LogP contribution in [0.5, 0.6) is 0 Å². The van der Waals surface area contributed by atoms with Gasteiger partial charge in [0.1, 0.15) is 11.6 Å². The number of urea groups is 1. The summed E-state index contributed by atoms with van der Waals surface area (Å²) in [4.78, 5) is 16.0. The molecule has 0 aliphatic rings. The number of rotatable bonds is 7. The lowest BCUT2D eigenvalue weighted by atomic mass is 10.2. The number of carbonyl (C=O) groups excluding carboxylic acids is 1. The highest BCUT2D eigenvalue weighted by molar-refractivity contribution is 5.89. The van der Waals surface area contributed by atoms with Crippen LogP contribution in [-0.4, -0.2) is 34.3 Å². The van der Waals surface area contributed by atoms with Gasteiger partial charge in [0.2, 0.25) is 0 Å². The summed E-state index contributed by atoms with van der Waals surface area (Å²) < 4.78 is 38.1. The molecule has 31 heavy (non-hydrogen) atoms. The monoisotopic (exact) mass is 431 g/mol. The molecule has 0 aliphatic carbocycles. The van der Waals surface area contributed by atoms with Gasteiger partial charge in [-0.3, -0.25) is 0 Å². The van der Waals surface area contributed by atoms with Crippen LogP contribution in [0.4, 0.5) is 41.1 Å². The highest BCUT2D eigenvalue weighted by Gasteiger charge is 2.30. The van der Waals surface area contributed by atoms with Gasteiger partial charge in [0, 0.05) is 25.0 Å². The molecule has 0 bridgehead atoms. The second-order valence-electron chi connectivity index (χ2n) is 6.53. The summed E-state index contributed by atoms with van der Waals surface area (Å²) in [6.07, 6.45) is -2.78. The van der Waals surface area contributed by atoms with Crippen molar-refractivity contribution >= 4 is 29.2 Å². The van der Waals surface area contributed by atoms with Crippen LogP contribution in [0.25, 0.3) is 0 Å². The minimum absolute atomic E-state index is 0.0531. The van der Waals surface area contributed by atoms with E-state index in [4.69, 9.17) is 0 Å². The van der Waals surface area contributed by atoms with Crippen molar-refractivity contribution in [3.05, 3.63) is 65.9 Å². The van der Waals surface area contributed by atoms with Gasteiger partial charge in [-0.05, 0) is 55.0 Å². The molecule has 162 valence electrons. The van der Waals surface area contributed by atoms with E-state index in [1.54, 1.807) is 18.3 Å². The molecule has 0 unspecified atom stereocenters. The number of hydrogen-bond acceptors (Lipinski definition) is 6. The van der Waals surface area contributed by atoms with E-state index in [9.17, 15) is 18.0 Å². The molecule has 0 aliphatic heterocycles. The van der Waals surface area contributed by atoms with Crippen molar-refractivity contribution in [3.63, 3.8) is 0 Å². The first-order valence-corrected chi connectivity index (χ1v) is 9.29. The summed E-state index contributed by atoms with van der Waals surface area (Å²) in [7, 11) is 0. The van der Waals surface area contributed by atoms with Crippen LogP contribution in [0.1, 0.15) is 11.1 Å². The summed E-state index contributed by atoms with van der Waals surface area (Å²) >= 11 is 0. The third-order valence-corrected chi connectivity index (χ3v) is 4.00. The van der Waals surface area contributed by atoms with Gasteiger partial charge in [-0.2, -0.15) is 13.2 Å². The first kappa shape index (κ1) is 21.8. The van der Waals surface area contributed by atoms with Crippen molar-refractivity contribution in [1.82, 2.24) is 20.5 Å². The zero-order valence-corrected chi connectivity index (χ0v) is 16.5. The van der Waals surface area contributed by atoms with Crippen LogP contribution >= 0.6 is 0 Å². The standard InChI is InChI=1S/C20H20F3N7O/c1-13-7-8-24-18(11-13)28-17-6-5-16(29-30-17)25-9-10-26-19(31)27-15-4-2-3-14(12-15)20(21,22)23/h2-8,11-12H,9-10H2,1H3,(H,25,29)(H,24,28,30)(H2,26,27,31). The van der Waals surface area contributed by atoms with E-state index in [1.165, 1.54) is 12.1 Å².